The molecule has 86 valence electrons. The number of aromatic amines is 1. The monoisotopic (exact) mass is 248 g/mol. The Hall–Kier alpha value is -2.01. The van der Waals surface area contributed by atoms with Gasteiger partial charge in [0.1, 0.15) is 11.3 Å². The van der Waals surface area contributed by atoms with Crippen LogP contribution in [-0.2, 0) is 0 Å². The van der Waals surface area contributed by atoms with E-state index in [1.807, 2.05) is 13.0 Å². The second kappa shape index (κ2) is 3.49. The zero-order valence-corrected chi connectivity index (χ0v) is 9.75. The zero-order chi connectivity index (χ0) is 12.0. The SMILES string of the molecule is Cc1cc(Cl)cc2nc(-c3cn[nH]c3N)oc12. The van der Waals surface area contributed by atoms with Crippen molar-refractivity contribution in [2.75, 3.05) is 5.73 Å². The molecular weight excluding hydrogens is 240 g/mol. The van der Waals surface area contributed by atoms with Crippen LogP contribution >= 0.6 is 11.6 Å². The molecule has 0 aliphatic carbocycles. The molecule has 2 aromatic heterocycles. The van der Waals surface area contributed by atoms with Crippen molar-refractivity contribution < 1.29 is 4.42 Å². The van der Waals surface area contributed by atoms with Crippen molar-refractivity contribution in [1.82, 2.24) is 15.2 Å². The molecule has 0 fully saturated rings. The van der Waals surface area contributed by atoms with E-state index in [-0.39, 0.29) is 0 Å². The van der Waals surface area contributed by atoms with Crippen molar-refractivity contribution in [2.45, 2.75) is 6.92 Å². The molecule has 0 saturated carbocycles. The number of hydrogen-bond acceptors (Lipinski definition) is 4. The highest BCUT2D eigenvalue weighted by atomic mass is 35.5. The van der Waals surface area contributed by atoms with Gasteiger partial charge in [-0.05, 0) is 24.6 Å². The summed E-state index contributed by atoms with van der Waals surface area (Å²) in [6.45, 7) is 1.92. The van der Waals surface area contributed by atoms with E-state index in [9.17, 15) is 0 Å². The van der Waals surface area contributed by atoms with Gasteiger partial charge in [0, 0.05) is 5.02 Å². The third-order valence-electron chi connectivity index (χ3n) is 2.54. The molecule has 0 amide bonds. The number of nitrogens with one attached hydrogen (secondary N) is 1. The molecular formula is C11H9ClN4O. The second-order valence-corrected chi connectivity index (χ2v) is 4.22. The Bertz CT molecular complexity index is 701. The van der Waals surface area contributed by atoms with Gasteiger partial charge < -0.3 is 10.2 Å². The second-order valence-electron chi connectivity index (χ2n) is 3.79. The number of rotatable bonds is 1. The summed E-state index contributed by atoms with van der Waals surface area (Å²) < 4.78 is 5.67. The Morgan fingerprint density at radius 1 is 1.41 bits per heavy atom. The number of oxazole rings is 1. The summed E-state index contributed by atoms with van der Waals surface area (Å²) in [7, 11) is 0. The number of anilines is 1. The highest BCUT2D eigenvalue weighted by Gasteiger charge is 2.14. The molecule has 0 aliphatic rings. The Morgan fingerprint density at radius 2 is 2.24 bits per heavy atom. The van der Waals surface area contributed by atoms with Gasteiger partial charge in [-0.1, -0.05) is 11.6 Å². The molecule has 3 aromatic rings. The Kier molecular flexibility index (Phi) is 2.09. The summed E-state index contributed by atoms with van der Waals surface area (Å²) in [5.41, 5.74) is 8.73. The number of hydrogen-bond donors (Lipinski definition) is 2. The van der Waals surface area contributed by atoms with E-state index >= 15 is 0 Å². The quantitative estimate of drug-likeness (QED) is 0.694. The van der Waals surface area contributed by atoms with Crippen molar-refractivity contribution in [3.8, 4) is 11.5 Å². The molecule has 1 aromatic carbocycles. The molecule has 0 unspecified atom stereocenters. The fraction of sp³-hybridized carbons (Fsp3) is 0.0909. The predicted molar refractivity (Wildman–Crippen MR) is 65.8 cm³/mol. The number of fused-ring (bicyclic) bond motifs is 1. The van der Waals surface area contributed by atoms with Crippen LogP contribution in [0.4, 0.5) is 5.82 Å². The van der Waals surface area contributed by atoms with E-state index < -0.39 is 0 Å². The van der Waals surface area contributed by atoms with Crippen LogP contribution in [0.5, 0.6) is 0 Å². The van der Waals surface area contributed by atoms with Crippen LogP contribution < -0.4 is 5.73 Å². The lowest BCUT2D eigenvalue weighted by Gasteiger charge is -1.93. The average Bonchev–Trinajstić information content (AvgIpc) is 2.83. The first-order valence-electron chi connectivity index (χ1n) is 5.01. The largest absolute Gasteiger partial charge is 0.436 e. The lowest BCUT2D eigenvalue weighted by molar-refractivity contribution is 0.618. The number of halogens is 1. The number of H-pyrrole nitrogens is 1. The molecule has 0 aliphatic heterocycles. The molecule has 0 bridgehead atoms. The van der Waals surface area contributed by atoms with Crippen molar-refractivity contribution >= 4 is 28.5 Å². The molecule has 0 spiro atoms. The van der Waals surface area contributed by atoms with Gasteiger partial charge in [0.2, 0.25) is 5.89 Å². The molecule has 0 radical (unpaired) electrons. The zero-order valence-electron chi connectivity index (χ0n) is 8.99. The van der Waals surface area contributed by atoms with Crippen LogP contribution in [0.15, 0.2) is 22.7 Å². The van der Waals surface area contributed by atoms with E-state index in [0.29, 0.717) is 33.4 Å². The molecule has 6 heteroatoms. The number of aromatic nitrogens is 3. The van der Waals surface area contributed by atoms with Crippen LogP contribution in [0.3, 0.4) is 0 Å². The molecule has 3 rings (SSSR count). The Morgan fingerprint density at radius 3 is 2.94 bits per heavy atom. The summed E-state index contributed by atoms with van der Waals surface area (Å²) in [6.07, 6.45) is 1.58. The minimum atomic E-state index is 0.431. The van der Waals surface area contributed by atoms with Gasteiger partial charge >= 0.3 is 0 Å². The Balaban J connectivity index is 2.27. The summed E-state index contributed by atoms with van der Waals surface area (Å²) in [4.78, 5) is 4.35. The molecule has 5 nitrogen and oxygen atoms in total. The van der Waals surface area contributed by atoms with Crippen LogP contribution in [0.25, 0.3) is 22.6 Å². The first-order chi connectivity index (χ1) is 8.15. The number of aryl methyl sites for hydroxylation is 1. The van der Waals surface area contributed by atoms with E-state index in [1.165, 1.54) is 0 Å². The van der Waals surface area contributed by atoms with Gasteiger partial charge in [-0.15, -0.1) is 0 Å². The minimum Gasteiger partial charge on any atom is -0.436 e. The lowest BCUT2D eigenvalue weighted by atomic mass is 10.2. The van der Waals surface area contributed by atoms with Crippen LogP contribution in [0, 0.1) is 6.92 Å². The number of nitrogens with zero attached hydrogens (tertiary/aromatic N) is 2. The fourth-order valence-electron chi connectivity index (χ4n) is 1.74. The van der Waals surface area contributed by atoms with Crippen molar-refractivity contribution in [2.24, 2.45) is 0 Å². The maximum absolute atomic E-state index is 5.96. The van der Waals surface area contributed by atoms with E-state index in [0.717, 1.165) is 5.56 Å². The Labute approximate surface area is 102 Å². The summed E-state index contributed by atoms with van der Waals surface area (Å²) in [5.74, 6) is 0.872. The fourth-order valence-corrected chi connectivity index (χ4v) is 2.01. The average molecular weight is 249 g/mol. The van der Waals surface area contributed by atoms with Gasteiger partial charge in [0.05, 0.1) is 11.8 Å². The smallest absolute Gasteiger partial charge is 0.232 e. The van der Waals surface area contributed by atoms with Gasteiger partial charge in [-0.3, -0.25) is 5.10 Å². The topological polar surface area (TPSA) is 80.7 Å². The molecule has 2 heterocycles. The number of benzene rings is 1. The van der Waals surface area contributed by atoms with Crippen LogP contribution in [0.2, 0.25) is 5.02 Å². The third kappa shape index (κ3) is 1.55. The molecule has 17 heavy (non-hydrogen) atoms. The predicted octanol–water partition coefficient (Wildman–Crippen LogP) is 2.76. The van der Waals surface area contributed by atoms with Gasteiger partial charge in [-0.25, -0.2) is 4.98 Å². The molecule has 3 N–H and O–H groups in total. The number of nitrogens with two attached hydrogens (primary N) is 1. The van der Waals surface area contributed by atoms with Gasteiger partial charge in [0.15, 0.2) is 5.58 Å². The molecule has 0 saturated heterocycles. The first kappa shape index (κ1) is 10.2. The number of nitrogen functional groups attached to an aromatic ring is 1. The minimum absolute atomic E-state index is 0.431. The van der Waals surface area contributed by atoms with Gasteiger partial charge in [0.25, 0.3) is 0 Å². The standard InChI is InChI=1S/C11H9ClN4O/c1-5-2-6(12)3-8-9(5)17-11(15-8)7-4-14-16-10(7)13/h2-4H,1H3,(H3,13,14,16). The third-order valence-corrected chi connectivity index (χ3v) is 2.76. The van der Waals surface area contributed by atoms with Crippen LogP contribution in [-0.4, -0.2) is 15.2 Å². The summed E-state index contributed by atoms with van der Waals surface area (Å²) in [5, 5.41) is 7.11. The normalized spacial score (nSPS) is 11.2. The van der Waals surface area contributed by atoms with E-state index in [1.54, 1.807) is 12.3 Å². The first-order valence-corrected chi connectivity index (χ1v) is 5.39. The lowest BCUT2D eigenvalue weighted by Crippen LogP contribution is -1.87. The van der Waals surface area contributed by atoms with Crippen molar-refractivity contribution in [3.63, 3.8) is 0 Å². The van der Waals surface area contributed by atoms with Crippen molar-refractivity contribution in [3.05, 3.63) is 28.9 Å². The van der Waals surface area contributed by atoms with Crippen LogP contribution in [0.1, 0.15) is 5.56 Å². The molecule has 0 atom stereocenters. The summed E-state index contributed by atoms with van der Waals surface area (Å²) >= 11 is 5.96. The highest BCUT2D eigenvalue weighted by Crippen LogP contribution is 2.30. The summed E-state index contributed by atoms with van der Waals surface area (Å²) in [6, 6.07) is 3.59. The van der Waals surface area contributed by atoms with Crippen molar-refractivity contribution in [1.29, 1.82) is 0 Å². The van der Waals surface area contributed by atoms with E-state index in [2.05, 4.69) is 15.2 Å². The maximum atomic E-state index is 5.96. The van der Waals surface area contributed by atoms with E-state index in [4.69, 9.17) is 21.8 Å². The highest BCUT2D eigenvalue weighted by molar-refractivity contribution is 6.31. The maximum Gasteiger partial charge on any atom is 0.232 e. The van der Waals surface area contributed by atoms with Gasteiger partial charge in [-0.2, -0.15) is 5.10 Å².